The molecule has 4 rings (SSSR count). The highest BCUT2D eigenvalue weighted by Crippen LogP contribution is 2.34. The van der Waals surface area contributed by atoms with Crippen LogP contribution in [0.25, 0.3) is 0 Å². The highest BCUT2D eigenvalue weighted by Gasteiger charge is 2.31. The molecule has 0 spiro atoms. The fourth-order valence-corrected chi connectivity index (χ4v) is 3.72. The first-order valence-corrected chi connectivity index (χ1v) is 9.82. The van der Waals surface area contributed by atoms with E-state index in [1.807, 2.05) is 60.4 Å². The van der Waals surface area contributed by atoms with E-state index in [1.54, 1.807) is 6.07 Å². The van der Waals surface area contributed by atoms with E-state index < -0.39 is 11.8 Å². The van der Waals surface area contributed by atoms with Crippen LogP contribution in [-0.2, 0) is 13.0 Å². The van der Waals surface area contributed by atoms with Crippen molar-refractivity contribution in [3.8, 4) is 0 Å². The lowest BCUT2D eigenvalue weighted by atomic mass is 10.1. The van der Waals surface area contributed by atoms with Crippen molar-refractivity contribution >= 4 is 23.3 Å². The third-order valence-electron chi connectivity index (χ3n) is 5.14. The van der Waals surface area contributed by atoms with E-state index in [4.69, 9.17) is 0 Å². The van der Waals surface area contributed by atoms with Crippen molar-refractivity contribution in [2.45, 2.75) is 25.9 Å². The average molecular weight is 403 g/mol. The zero-order valence-corrected chi connectivity index (χ0v) is 16.6. The van der Waals surface area contributed by atoms with Crippen molar-refractivity contribution in [2.24, 2.45) is 0 Å². The van der Waals surface area contributed by atoms with E-state index in [2.05, 4.69) is 10.6 Å². The van der Waals surface area contributed by atoms with Crippen LogP contribution in [0, 0.1) is 5.82 Å². The van der Waals surface area contributed by atoms with Crippen LogP contribution in [0.3, 0.4) is 0 Å². The number of halogens is 1. The van der Waals surface area contributed by atoms with E-state index in [0.29, 0.717) is 11.3 Å². The van der Waals surface area contributed by atoms with Crippen molar-refractivity contribution in [3.63, 3.8) is 0 Å². The molecule has 1 unspecified atom stereocenters. The number of benzene rings is 3. The number of amides is 3. The summed E-state index contributed by atoms with van der Waals surface area (Å²) in [7, 11) is 0. The predicted octanol–water partition coefficient (Wildman–Crippen LogP) is 4.74. The maximum absolute atomic E-state index is 13.2. The van der Waals surface area contributed by atoms with Gasteiger partial charge in [-0.2, -0.15) is 0 Å². The number of nitrogens with one attached hydrogen (secondary N) is 2. The van der Waals surface area contributed by atoms with E-state index in [9.17, 15) is 14.0 Å². The predicted molar refractivity (Wildman–Crippen MR) is 115 cm³/mol. The fraction of sp³-hybridized carbons (Fsp3) is 0.167. The van der Waals surface area contributed by atoms with Gasteiger partial charge in [-0.05, 0) is 60.9 Å². The molecule has 0 aliphatic carbocycles. The Labute approximate surface area is 174 Å². The summed E-state index contributed by atoms with van der Waals surface area (Å²) in [6.45, 7) is 2.32. The lowest BCUT2D eigenvalue weighted by Crippen LogP contribution is -2.35. The molecule has 5 nitrogen and oxygen atoms in total. The van der Waals surface area contributed by atoms with Gasteiger partial charge in [-0.3, -0.25) is 4.79 Å². The molecule has 1 atom stereocenters. The second kappa shape index (κ2) is 8.37. The number of nitrogens with zero attached hydrogens (tertiary/aromatic N) is 1. The van der Waals surface area contributed by atoms with Gasteiger partial charge in [0.2, 0.25) is 0 Å². The van der Waals surface area contributed by atoms with Crippen molar-refractivity contribution in [1.29, 1.82) is 0 Å². The number of rotatable bonds is 4. The Bertz CT molecular complexity index is 1080. The Kier molecular flexibility index (Phi) is 5.48. The molecule has 1 heterocycles. The summed E-state index contributed by atoms with van der Waals surface area (Å²) in [5, 5.41) is 5.38. The first-order chi connectivity index (χ1) is 14.5. The smallest absolute Gasteiger partial charge is 0.319 e. The molecule has 0 saturated heterocycles. The van der Waals surface area contributed by atoms with E-state index >= 15 is 0 Å². The molecular weight excluding hydrogens is 381 g/mol. The first kappa shape index (κ1) is 19.6. The van der Waals surface area contributed by atoms with Gasteiger partial charge in [0.15, 0.2) is 0 Å². The van der Waals surface area contributed by atoms with Gasteiger partial charge in [0.25, 0.3) is 5.91 Å². The number of carbonyl (C=O) groups excluding carboxylic acids is 2. The monoisotopic (exact) mass is 403 g/mol. The molecule has 3 aromatic carbocycles. The third kappa shape index (κ3) is 4.17. The van der Waals surface area contributed by atoms with Gasteiger partial charge >= 0.3 is 6.03 Å². The fourth-order valence-electron chi connectivity index (χ4n) is 3.72. The van der Waals surface area contributed by atoms with Gasteiger partial charge in [-0.25, -0.2) is 9.18 Å². The minimum absolute atomic E-state index is 0.0317. The van der Waals surface area contributed by atoms with Crippen LogP contribution in [-0.4, -0.2) is 18.0 Å². The summed E-state index contributed by atoms with van der Waals surface area (Å²) >= 11 is 0. The van der Waals surface area contributed by atoms with Crippen LogP contribution in [0.1, 0.15) is 28.4 Å². The van der Waals surface area contributed by atoms with Crippen molar-refractivity contribution < 1.29 is 14.0 Å². The molecule has 1 aliphatic heterocycles. The van der Waals surface area contributed by atoms with Crippen LogP contribution < -0.4 is 15.5 Å². The van der Waals surface area contributed by atoms with Crippen molar-refractivity contribution in [1.82, 2.24) is 5.32 Å². The average Bonchev–Trinajstić information content (AvgIpc) is 3.07. The molecule has 2 N–H and O–H groups in total. The number of hydrogen-bond donors (Lipinski definition) is 2. The molecule has 0 aromatic heterocycles. The summed E-state index contributed by atoms with van der Waals surface area (Å²) in [6, 6.07) is 20.5. The molecule has 3 aromatic rings. The minimum Gasteiger partial charge on any atom is -0.334 e. The molecule has 3 amide bonds. The number of anilines is 2. The third-order valence-corrected chi connectivity index (χ3v) is 5.14. The summed E-state index contributed by atoms with van der Waals surface area (Å²) in [6.07, 6.45) is 0.793. The molecular formula is C24H22FN3O2. The summed E-state index contributed by atoms with van der Waals surface area (Å²) < 4.78 is 13.2. The first-order valence-electron chi connectivity index (χ1n) is 9.82. The van der Waals surface area contributed by atoms with Gasteiger partial charge in [0, 0.05) is 29.5 Å². The van der Waals surface area contributed by atoms with Gasteiger partial charge < -0.3 is 15.5 Å². The molecule has 6 heteroatoms. The van der Waals surface area contributed by atoms with Gasteiger partial charge in [0.1, 0.15) is 5.82 Å². The number of fused-ring (bicyclic) bond motifs is 1. The second-order valence-electron chi connectivity index (χ2n) is 7.38. The summed E-state index contributed by atoms with van der Waals surface area (Å²) in [4.78, 5) is 27.0. The largest absolute Gasteiger partial charge is 0.334 e. The molecule has 0 bridgehead atoms. The maximum atomic E-state index is 13.2. The Morgan fingerprint density at radius 3 is 2.60 bits per heavy atom. The molecule has 0 radical (unpaired) electrons. The van der Waals surface area contributed by atoms with Crippen molar-refractivity contribution in [3.05, 3.63) is 95.3 Å². The number of carbonyl (C=O) groups is 2. The SMILES string of the molecule is CC1Cc2ccc(CNC(=O)Nc3cccc(F)c3)cc2N1C(=O)c1ccccc1. The maximum Gasteiger partial charge on any atom is 0.319 e. The zero-order valence-electron chi connectivity index (χ0n) is 16.6. The highest BCUT2D eigenvalue weighted by molar-refractivity contribution is 6.07. The van der Waals surface area contributed by atoms with Gasteiger partial charge in [0.05, 0.1) is 0 Å². The molecule has 0 saturated carbocycles. The normalized spacial score (nSPS) is 14.9. The van der Waals surface area contributed by atoms with E-state index in [-0.39, 0.29) is 18.5 Å². The van der Waals surface area contributed by atoms with Gasteiger partial charge in [-0.1, -0.05) is 36.4 Å². The minimum atomic E-state index is -0.424. The molecule has 152 valence electrons. The van der Waals surface area contributed by atoms with Crippen LogP contribution in [0.5, 0.6) is 0 Å². The topological polar surface area (TPSA) is 61.4 Å². The van der Waals surface area contributed by atoms with Gasteiger partial charge in [-0.15, -0.1) is 0 Å². The quantitative estimate of drug-likeness (QED) is 0.661. The number of urea groups is 1. The van der Waals surface area contributed by atoms with Crippen LogP contribution in [0.2, 0.25) is 0 Å². The molecule has 1 aliphatic rings. The summed E-state index contributed by atoms with van der Waals surface area (Å²) in [5.41, 5.74) is 3.90. The Balaban J connectivity index is 1.46. The molecule has 30 heavy (non-hydrogen) atoms. The van der Waals surface area contributed by atoms with Crippen LogP contribution >= 0.6 is 0 Å². The second-order valence-corrected chi connectivity index (χ2v) is 7.38. The number of hydrogen-bond acceptors (Lipinski definition) is 2. The Hall–Kier alpha value is -3.67. The van der Waals surface area contributed by atoms with Crippen molar-refractivity contribution in [2.75, 3.05) is 10.2 Å². The Morgan fingerprint density at radius 1 is 1.03 bits per heavy atom. The standard InChI is InChI=1S/C24H22FN3O2/c1-16-12-19-11-10-17(15-26-24(30)27-21-9-5-8-20(25)14-21)13-22(19)28(16)23(29)18-6-3-2-4-7-18/h2-11,13-14,16H,12,15H2,1H3,(H2,26,27,30). The lowest BCUT2D eigenvalue weighted by molar-refractivity contribution is 0.0981. The van der Waals surface area contributed by atoms with E-state index in [1.165, 1.54) is 18.2 Å². The van der Waals surface area contributed by atoms with Crippen LogP contribution in [0.4, 0.5) is 20.6 Å². The Morgan fingerprint density at radius 2 is 1.83 bits per heavy atom. The lowest BCUT2D eigenvalue weighted by Gasteiger charge is -2.23. The summed E-state index contributed by atoms with van der Waals surface area (Å²) in [5.74, 6) is -0.445. The highest BCUT2D eigenvalue weighted by atomic mass is 19.1. The van der Waals surface area contributed by atoms with Crippen LogP contribution in [0.15, 0.2) is 72.8 Å². The molecule has 0 fully saturated rings. The zero-order chi connectivity index (χ0) is 21.1. The van der Waals surface area contributed by atoms with E-state index in [0.717, 1.165) is 23.2 Å².